The molecule has 192 valence electrons. The highest BCUT2D eigenvalue weighted by Crippen LogP contribution is 2.29. The van der Waals surface area contributed by atoms with Gasteiger partial charge in [-0.1, -0.05) is 69.2 Å². The molecule has 0 bridgehead atoms. The summed E-state index contributed by atoms with van der Waals surface area (Å²) < 4.78 is 5.66. The molecule has 0 unspecified atom stereocenters. The lowest BCUT2D eigenvalue weighted by molar-refractivity contribution is -0.150. The lowest BCUT2D eigenvalue weighted by atomic mass is 9.93. The van der Waals surface area contributed by atoms with Gasteiger partial charge in [-0.25, -0.2) is 0 Å². The van der Waals surface area contributed by atoms with E-state index >= 15 is 0 Å². The molecule has 1 aromatic carbocycles. The predicted octanol–water partition coefficient (Wildman–Crippen LogP) is 3.31. The minimum Gasteiger partial charge on any atom is -0.463 e. The first-order chi connectivity index (χ1) is 16.8. The number of allylic oxidation sites excluding steroid dienone is 2. The summed E-state index contributed by atoms with van der Waals surface area (Å²) in [5.74, 6) is -1.48. The number of carbonyl (C=O) groups excluding carboxylic acids is 3. The molecule has 35 heavy (non-hydrogen) atoms. The highest BCUT2D eigenvalue weighted by atomic mass is 16.5. The van der Waals surface area contributed by atoms with Crippen LogP contribution < -0.4 is 10.6 Å². The van der Waals surface area contributed by atoms with Crippen molar-refractivity contribution in [2.75, 3.05) is 13.2 Å². The van der Waals surface area contributed by atoms with Crippen LogP contribution in [0.3, 0.4) is 0 Å². The van der Waals surface area contributed by atoms with Gasteiger partial charge in [-0.3, -0.25) is 14.4 Å². The quantitative estimate of drug-likeness (QED) is 0.407. The van der Waals surface area contributed by atoms with Gasteiger partial charge in [-0.2, -0.15) is 0 Å². The number of hydrogen-bond donors (Lipinski definition) is 3. The first-order valence-electron chi connectivity index (χ1n) is 12.9. The predicted molar refractivity (Wildman–Crippen MR) is 134 cm³/mol. The number of carbonyl (C=O) groups is 3. The Kier molecular flexibility index (Phi) is 9.90. The Bertz CT molecular complexity index is 877. The van der Waals surface area contributed by atoms with Gasteiger partial charge in [0.05, 0.1) is 30.0 Å². The minimum atomic E-state index is -0.561. The fourth-order valence-electron chi connectivity index (χ4n) is 4.90. The van der Waals surface area contributed by atoms with Gasteiger partial charge in [0.2, 0.25) is 11.8 Å². The van der Waals surface area contributed by atoms with E-state index in [1.54, 1.807) is 0 Å². The number of cyclic esters (lactones) is 1. The lowest BCUT2D eigenvalue weighted by Crippen LogP contribution is -2.51. The highest BCUT2D eigenvalue weighted by molar-refractivity contribution is 5.86. The third kappa shape index (κ3) is 7.92. The maximum absolute atomic E-state index is 13.1. The number of nitrogens with one attached hydrogen (secondary N) is 2. The summed E-state index contributed by atoms with van der Waals surface area (Å²) in [6.07, 6.45) is 8.84. The summed E-state index contributed by atoms with van der Waals surface area (Å²) in [4.78, 5) is 38.9. The van der Waals surface area contributed by atoms with Crippen LogP contribution in [0, 0.1) is 17.8 Å². The molecule has 3 atom stereocenters. The SMILES string of the molecule is CC(C)[C@H]1COC(=O)[C@@H](Cc2ccccc2)CC=CC[C@H](CC(=O)NC2(CO)CCCC2)C(=O)N1. The van der Waals surface area contributed by atoms with Gasteiger partial charge in [0.15, 0.2) is 0 Å². The molecule has 0 spiro atoms. The van der Waals surface area contributed by atoms with Crippen LogP contribution >= 0.6 is 0 Å². The number of rotatable bonds is 7. The molecular formula is C28H40N2O5. The van der Waals surface area contributed by atoms with Crippen LogP contribution in [-0.2, 0) is 25.5 Å². The maximum Gasteiger partial charge on any atom is 0.309 e. The number of amides is 2. The van der Waals surface area contributed by atoms with E-state index in [9.17, 15) is 19.5 Å². The van der Waals surface area contributed by atoms with Gasteiger partial charge in [0, 0.05) is 6.42 Å². The van der Waals surface area contributed by atoms with Gasteiger partial charge < -0.3 is 20.5 Å². The van der Waals surface area contributed by atoms with E-state index in [1.807, 2.05) is 56.3 Å². The van der Waals surface area contributed by atoms with E-state index in [2.05, 4.69) is 10.6 Å². The topological polar surface area (TPSA) is 105 Å². The summed E-state index contributed by atoms with van der Waals surface area (Å²) in [6, 6.07) is 9.53. The summed E-state index contributed by atoms with van der Waals surface area (Å²) in [5, 5.41) is 15.9. The van der Waals surface area contributed by atoms with Crippen molar-refractivity contribution in [1.29, 1.82) is 0 Å². The molecule has 2 amide bonds. The van der Waals surface area contributed by atoms with Crippen molar-refractivity contribution in [3.63, 3.8) is 0 Å². The van der Waals surface area contributed by atoms with E-state index < -0.39 is 11.5 Å². The highest BCUT2D eigenvalue weighted by Gasteiger charge is 2.36. The summed E-state index contributed by atoms with van der Waals surface area (Å²) in [6.45, 7) is 3.96. The van der Waals surface area contributed by atoms with E-state index in [4.69, 9.17) is 4.74 Å². The zero-order valence-electron chi connectivity index (χ0n) is 21.0. The first-order valence-corrected chi connectivity index (χ1v) is 12.9. The average Bonchev–Trinajstić information content (AvgIpc) is 3.31. The molecule has 1 aromatic rings. The molecule has 0 aromatic heterocycles. The molecule has 0 saturated heterocycles. The van der Waals surface area contributed by atoms with Crippen LogP contribution in [0.4, 0.5) is 0 Å². The van der Waals surface area contributed by atoms with E-state index in [0.29, 0.717) is 19.3 Å². The van der Waals surface area contributed by atoms with Crippen LogP contribution in [-0.4, -0.2) is 47.7 Å². The zero-order chi connectivity index (χ0) is 25.3. The largest absolute Gasteiger partial charge is 0.463 e. The van der Waals surface area contributed by atoms with Gasteiger partial charge >= 0.3 is 5.97 Å². The van der Waals surface area contributed by atoms with Crippen LogP contribution in [0.2, 0.25) is 0 Å². The molecule has 3 rings (SSSR count). The van der Waals surface area contributed by atoms with Gasteiger partial charge in [0.1, 0.15) is 6.61 Å². The second kappa shape index (κ2) is 12.9. The van der Waals surface area contributed by atoms with E-state index in [1.165, 1.54) is 0 Å². The second-order valence-corrected chi connectivity index (χ2v) is 10.4. The molecule has 1 saturated carbocycles. The Labute approximate surface area is 208 Å². The monoisotopic (exact) mass is 484 g/mol. The van der Waals surface area contributed by atoms with Crippen molar-refractivity contribution in [1.82, 2.24) is 10.6 Å². The van der Waals surface area contributed by atoms with Gasteiger partial charge in [0.25, 0.3) is 0 Å². The number of benzene rings is 1. The van der Waals surface area contributed by atoms with Crippen LogP contribution in [0.15, 0.2) is 42.5 Å². The molecule has 7 heteroatoms. The fraction of sp³-hybridized carbons (Fsp3) is 0.607. The normalized spacial score (nSPS) is 25.3. The number of esters is 1. The molecule has 1 fully saturated rings. The molecule has 1 heterocycles. The van der Waals surface area contributed by atoms with Crippen LogP contribution in [0.5, 0.6) is 0 Å². The molecule has 0 radical (unpaired) electrons. The molecule has 1 aliphatic heterocycles. The Morgan fingerprint density at radius 3 is 2.40 bits per heavy atom. The molecule has 2 aliphatic rings. The Morgan fingerprint density at radius 1 is 1.11 bits per heavy atom. The van der Waals surface area contributed by atoms with Crippen molar-refractivity contribution in [3.05, 3.63) is 48.0 Å². The Balaban J connectivity index is 1.72. The lowest BCUT2D eigenvalue weighted by Gasteiger charge is -2.29. The summed E-state index contributed by atoms with van der Waals surface area (Å²) >= 11 is 0. The van der Waals surface area contributed by atoms with Crippen LogP contribution in [0.1, 0.15) is 64.4 Å². The Hall–Kier alpha value is -2.67. The summed E-state index contributed by atoms with van der Waals surface area (Å²) in [5.41, 5.74) is 0.511. The first kappa shape index (κ1) is 26.9. The van der Waals surface area contributed by atoms with Crippen molar-refractivity contribution >= 4 is 17.8 Å². The minimum absolute atomic E-state index is 0.0516. The summed E-state index contributed by atoms with van der Waals surface area (Å²) in [7, 11) is 0. The maximum atomic E-state index is 13.1. The number of ether oxygens (including phenoxy) is 1. The third-order valence-corrected chi connectivity index (χ3v) is 7.27. The van der Waals surface area contributed by atoms with Gasteiger partial charge in [-0.05, 0) is 43.6 Å². The van der Waals surface area contributed by atoms with E-state index in [0.717, 1.165) is 31.2 Å². The Morgan fingerprint density at radius 2 is 1.77 bits per heavy atom. The molecule has 1 aliphatic carbocycles. The molecular weight excluding hydrogens is 444 g/mol. The van der Waals surface area contributed by atoms with E-state index in [-0.39, 0.29) is 55.3 Å². The fourth-order valence-corrected chi connectivity index (χ4v) is 4.90. The third-order valence-electron chi connectivity index (χ3n) is 7.27. The molecule has 3 N–H and O–H groups in total. The number of aliphatic hydroxyl groups is 1. The van der Waals surface area contributed by atoms with Crippen molar-refractivity contribution in [3.8, 4) is 0 Å². The zero-order valence-corrected chi connectivity index (χ0v) is 21.0. The van der Waals surface area contributed by atoms with Gasteiger partial charge in [-0.15, -0.1) is 0 Å². The smallest absolute Gasteiger partial charge is 0.309 e. The standard InChI is InChI=1S/C28H40N2O5/c1-20(2)24-18-35-27(34)23(16-21-10-4-3-5-11-21)13-7-6-12-22(26(33)29-24)17-25(32)30-28(19-31)14-8-9-15-28/h3-7,10-11,20,22-24,31H,8-9,12-19H2,1-2H3,(H,29,33)(H,30,32)/t22-,23-,24-/m1/s1. The second-order valence-electron chi connectivity index (χ2n) is 10.4. The number of hydrogen-bond acceptors (Lipinski definition) is 5. The van der Waals surface area contributed by atoms with Crippen molar-refractivity contribution in [2.45, 2.75) is 76.8 Å². The molecule has 7 nitrogen and oxygen atoms in total. The van der Waals surface area contributed by atoms with Crippen molar-refractivity contribution < 1.29 is 24.2 Å². The average molecular weight is 485 g/mol. The van der Waals surface area contributed by atoms with Crippen LogP contribution in [0.25, 0.3) is 0 Å². The van der Waals surface area contributed by atoms with Crippen molar-refractivity contribution in [2.24, 2.45) is 17.8 Å². The number of aliphatic hydroxyl groups excluding tert-OH is 1.